The predicted octanol–water partition coefficient (Wildman–Crippen LogP) is 3.49. The second-order valence-corrected chi connectivity index (χ2v) is 10.4. The summed E-state index contributed by atoms with van der Waals surface area (Å²) in [7, 11) is -4.10. The SMILES string of the molecule is O=S(=O)(Cc1ncns1)c1cc(F)c(CN2CC[C@@H](O)C[C@H]2c2ccccc2)cc1F. The lowest BCUT2D eigenvalue weighted by Gasteiger charge is -2.38. The summed E-state index contributed by atoms with van der Waals surface area (Å²) in [6.07, 6.45) is 1.77. The first-order valence-corrected chi connectivity index (χ1v) is 12.2. The van der Waals surface area contributed by atoms with E-state index in [0.29, 0.717) is 19.4 Å². The van der Waals surface area contributed by atoms with Crippen LogP contribution in [0.4, 0.5) is 8.78 Å². The molecule has 0 saturated carbocycles. The Labute approximate surface area is 183 Å². The summed E-state index contributed by atoms with van der Waals surface area (Å²) >= 11 is 0.896. The average molecular weight is 466 g/mol. The largest absolute Gasteiger partial charge is 0.393 e. The smallest absolute Gasteiger partial charge is 0.187 e. The van der Waals surface area contributed by atoms with Crippen LogP contribution in [0.3, 0.4) is 0 Å². The molecule has 1 aromatic heterocycles. The zero-order valence-electron chi connectivity index (χ0n) is 16.5. The van der Waals surface area contributed by atoms with Crippen molar-refractivity contribution >= 4 is 21.4 Å². The average Bonchev–Trinajstić information content (AvgIpc) is 3.24. The van der Waals surface area contributed by atoms with Gasteiger partial charge < -0.3 is 5.11 Å². The van der Waals surface area contributed by atoms with Crippen LogP contribution in [0.2, 0.25) is 0 Å². The molecule has 2 aromatic carbocycles. The van der Waals surface area contributed by atoms with E-state index in [1.807, 2.05) is 35.2 Å². The van der Waals surface area contributed by atoms with E-state index in [1.54, 1.807) is 0 Å². The number of nitrogens with zero attached hydrogens (tertiary/aromatic N) is 3. The number of hydrogen-bond acceptors (Lipinski definition) is 7. The molecule has 4 rings (SSSR count). The summed E-state index contributed by atoms with van der Waals surface area (Å²) in [6.45, 7) is 0.616. The van der Waals surface area contributed by atoms with Gasteiger partial charge in [0.1, 0.15) is 33.6 Å². The summed E-state index contributed by atoms with van der Waals surface area (Å²) < 4.78 is 58.4. The third kappa shape index (κ3) is 4.98. The van der Waals surface area contributed by atoms with E-state index in [1.165, 1.54) is 6.33 Å². The fourth-order valence-electron chi connectivity index (χ4n) is 3.85. The highest BCUT2D eigenvalue weighted by atomic mass is 32.2. The Morgan fingerprint density at radius 1 is 1.16 bits per heavy atom. The Bertz CT molecular complexity index is 1140. The zero-order chi connectivity index (χ0) is 22.0. The van der Waals surface area contributed by atoms with E-state index in [-0.39, 0.29) is 23.2 Å². The third-order valence-corrected chi connectivity index (χ3v) is 7.88. The van der Waals surface area contributed by atoms with Crippen LogP contribution >= 0.6 is 11.5 Å². The molecule has 0 bridgehead atoms. The van der Waals surface area contributed by atoms with Gasteiger partial charge in [-0.05, 0) is 42.1 Å². The van der Waals surface area contributed by atoms with Gasteiger partial charge >= 0.3 is 0 Å². The monoisotopic (exact) mass is 465 g/mol. The molecule has 2 atom stereocenters. The van der Waals surface area contributed by atoms with Gasteiger partial charge in [0, 0.05) is 24.7 Å². The number of benzene rings is 2. The molecule has 0 aliphatic carbocycles. The lowest BCUT2D eigenvalue weighted by molar-refractivity contribution is 0.0358. The Balaban J connectivity index is 1.59. The van der Waals surface area contributed by atoms with Gasteiger partial charge in [0.2, 0.25) is 0 Å². The standard InChI is InChI=1S/C21H21F2N3O3S2/c22-17-10-20(31(28,29)12-21-24-13-25-30-21)18(23)8-15(17)11-26-7-6-16(27)9-19(26)14-4-2-1-3-5-14/h1-5,8,10,13,16,19,27H,6-7,9,11-12H2/t16-,19+/m1/s1. The van der Waals surface area contributed by atoms with Crippen LogP contribution in [0.1, 0.15) is 35.0 Å². The minimum atomic E-state index is -4.10. The third-order valence-electron chi connectivity index (χ3n) is 5.40. The lowest BCUT2D eigenvalue weighted by atomic mass is 9.93. The van der Waals surface area contributed by atoms with Crippen LogP contribution in [-0.2, 0) is 22.1 Å². The first-order valence-electron chi connectivity index (χ1n) is 9.77. The molecular weight excluding hydrogens is 444 g/mol. The van der Waals surface area contributed by atoms with Crippen molar-refractivity contribution in [1.82, 2.24) is 14.3 Å². The van der Waals surface area contributed by atoms with Crippen LogP contribution in [0.25, 0.3) is 0 Å². The molecule has 0 amide bonds. The minimum absolute atomic E-state index is 0.0738. The molecule has 1 N–H and O–H groups in total. The van der Waals surface area contributed by atoms with Gasteiger partial charge in [-0.1, -0.05) is 30.3 Å². The van der Waals surface area contributed by atoms with E-state index in [4.69, 9.17) is 0 Å². The summed E-state index contributed by atoms with van der Waals surface area (Å²) in [4.78, 5) is 5.10. The van der Waals surface area contributed by atoms with Gasteiger partial charge in [-0.25, -0.2) is 22.2 Å². The molecule has 3 aromatic rings. The number of piperidine rings is 1. The number of halogens is 2. The molecular formula is C21H21F2N3O3S2. The van der Waals surface area contributed by atoms with Gasteiger partial charge in [-0.2, -0.15) is 4.37 Å². The molecule has 1 aliphatic heterocycles. The predicted molar refractivity (Wildman–Crippen MR) is 112 cm³/mol. The van der Waals surface area contributed by atoms with Crippen molar-refractivity contribution < 1.29 is 22.3 Å². The fraction of sp³-hybridized carbons (Fsp3) is 0.333. The Morgan fingerprint density at radius 3 is 2.65 bits per heavy atom. The summed E-state index contributed by atoms with van der Waals surface area (Å²) in [5.74, 6) is -2.31. The van der Waals surface area contributed by atoms with Crippen LogP contribution in [-0.4, -0.2) is 40.4 Å². The summed E-state index contributed by atoms with van der Waals surface area (Å²) in [5.41, 5.74) is 1.06. The molecule has 1 saturated heterocycles. The Morgan fingerprint density at radius 2 is 1.94 bits per heavy atom. The summed E-state index contributed by atoms with van der Waals surface area (Å²) in [5, 5.41) is 10.3. The van der Waals surface area contributed by atoms with E-state index in [9.17, 15) is 22.3 Å². The molecule has 10 heteroatoms. The maximum Gasteiger partial charge on any atom is 0.187 e. The normalized spacial score (nSPS) is 20.1. The number of sulfone groups is 1. The quantitative estimate of drug-likeness (QED) is 0.600. The van der Waals surface area contributed by atoms with Crippen molar-refractivity contribution in [2.75, 3.05) is 6.54 Å². The van der Waals surface area contributed by atoms with Crippen LogP contribution in [0.5, 0.6) is 0 Å². The van der Waals surface area contributed by atoms with E-state index >= 15 is 0 Å². The van der Waals surface area contributed by atoms with Crippen LogP contribution in [0.15, 0.2) is 53.7 Å². The molecule has 0 radical (unpaired) electrons. The molecule has 0 spiro atoms. The van der Waals surface area contributed by atoms with Crippen molar-refractivity contribution in [1.29, 1.82) is 0 Å². The number of rotatable bonds is 6. The highest BCUT2D eigenvalue weighted by Crippen LogP contribution is 2.33. The Kier molecular flexibility index (Phi) is 6.42. The first-order chi connectivity index (χ1) is 14.8. The zero-order valence-corrected chi connectivity index (χ0v) is 18.1. The molecule has 31 heavy (non-hydrogen) atoms. The Hall–Kier alpha value is -2.27. The van der Waals surface area contributed by atoms with Gasteiger partial charge in [0.25, 0.3) is 0 Å². The first kappa shape index (κ1) is 21.9. The van der Waals surface area contributed by atoms with Crippen molar-refractivity contribution in [3.05, 3.63) is 76.6 Å². The van der Waals surface area contributed by atoms with Gasteiger partial charge in [-0.3, -0.25) is 4.90 Å². The van der Waals surface area contributed by atoms with E-state index in [2.05, 4.69) is 9.36 Å². The van der Waals surface area contributed by atoms with Crippen molar-refractivity contribution in [3.8, 4) is 0 Å². The fourth-order valence-corrected chi connectivity index (χ4v) is 6.04. The molecule has 6 nitrogen and oxygen atoms in total. The maximum absolute atomic E-state index is 14.9. The minimum Gasteiger partial charge on any atom is -0.393 e. The second kappa shape index (κ2) is 9.07. The van der Waals surface area contributed by atoms with Crippen LogP contribution in [0, 0.1) is 11.6 Å². The number of hydrogen-bond donors (Lipinski definition) is 1. The second-order valence-electron chi connectivity index (χ2n) is 7.54. The van der Waals surface area contributed by atoms with Crippen molar-refractivity contribution in [2.45, 2.75) is 42.2 Å². The number of aliphatic hydroxyl groups excluding tert-OH is 1. The number of aliphatic hydroxyl groups is 1. The highest BCUT2D eigenvalue weighted by molar-refractivity contribution is 7.90. The highest BCUT2D eigenvalue weighted by Gasteiger charge is 2.30. The molecule has 164 valence electrons. The van der Waals surface area contributed by atoms with Crippen molar-refractivity contribution in [3.63, 3.8) is 0 Å². The van der Waals surface area contributed by atoms with Gasteiger partial charge in [0.05, 0.1) is 6.10 Å². The molecule has 2 heterocycles. The lowest BCUT2D eigenvalue weighted by Crippen LogP contribution is -2.38. The molecule has 1 fully saturated rings. The topological polar surface area (TPSA) is 83.4 Å². The maximum atomic E-state index is 14.9. The van der Waals surface area contributed by atoms with E-state index in [0.717, 1.165) is 29.2 Å². The number of likely N-dealkylation sites (tertiary alicyclic amines) is 1. The van der Waals surface area contributed by atoms with Crippen LogP contribution < -0.4 is 0 Å². The molecule has 1 aliphatic rings. The van der Waals surface area contributed by atoms with E-state index < -0.39 is 38.2 Å². The van der Waals surface area contributed by atoms with Gasteiger partial charge in [-0.15, -0.1) is 0 Å². The van der Waals surface area contributed by atoms with Gasteiger partial charge in [0.15, 0.2) is 9.84 Å². The van der Waals surface area contributed by atoms with Crippen molar-refractivity contribution in [2.24, 2.45) is 0 Å². The number of aromatic nitrogens is 2. The summed E-state index contributed by atoms with van der Waals surface area (Å²) in [6, 6.07) is 11.1. The molecule has 0 unspecified atom stereocenters.